The average Bonchev–Trinajstić information content (AvgIpc) is 3.26. The van der Waals surface area contributed by atoms with Crippen molar-refractivity contribution < 1.29 is 26.4 Å². The minimum Gasteiger partial charge on any atom is -0.385 e. The number of halogens is 3. The Balaban J connectivity index is 1.62. The smallest absolute Gasteiger partial charge is 0.385 e. The number of rotatable bonds is 7. The highest BCUT2D eigenvalue weighted by atomic mass is 32.2. The van der Waals surface area contributed by atoms with Crippen molar-refractivity contribution >= 4 is 21.6 Å². The largest absolute Gasteiger partial charge is 0.416 e. The summed E-state index contributed by atoms with van der Waals surface area (Å²) in [7, 11) is -3.32. The van der Waals surface area contributed by atoms with Crippen LogP contribution in [0, 0.1) is 5.92 Å². The predicted octanol–water partition coefficient (Wildman–Crippen LogP) is 4.24. The van der Waals surface area contributed by atoms with Crippen LogP contribution in [0.1, 0.15) is 68.3 Å². The second kappa shape index (κ2) is 9.99. The van der Waals surface area contributed by atoms with Crippen LogP contribution in [0.4, 0.5) is 18.9 Å². The summed E-state index contributed by atoms with van der Waals surface area (Å²) in [6, 6.07) is 3.37. The Kier molecular flexibility index (Phi) is 7.75. The first-order chi connectivity index (χ1) is 15.0. The van der Waals surface area contributed by atoms with Crippen molar-refractivity contribution in [3.63, 3.8) is 0 Å². The highest BCUT2D eigenvalue weighted by Gasteiger charge is 2.33. The molecule has 0 aromatic heterocycles. The van der Waals surface area contributed by atoms with Gasteiger partial charge in [0.05, 0.1) is 10.8 Å². The van der Waals surface area contributed by atoms with Gasteiger partial charge in [-0.3, -0.25) is 4.79 Å². The molecule has 1 saturated heterocycles. The Morgan fingerprint density at radius 1 is 1.09 bits per heavy atom. The van der Waals surface area contributed by atoms with Gasteiger partial charge in [-0.1, -0.05) is 0 Å². The normalized spacial score (nSPS) is 22.4. The zero-order valence-electron chi connectivity index (χ0n) is 18.5. The van der Waals surface area contributed by atoms with Gasteiger partial charge in [0.25, 0.3) is 5.91 Å². The van der Waals surface area contributed by atoms with Gasteiger partial charge in [0.1, 0.15) is 0 Å². The van der Waals surface area contributed by atoms with E-state index in [9.17, 15) is 26.4 Å². The fourth-order valence-corrected chi connectivity index (χ4v) is 5.21. The third-order valence-electron chi connectivity index (χ3n) is 6.29. The number of carbonyl (C=O) groups excluding carboxylic acids is 1. The molecule has 6 nitrogen and oxygen atoms in total. The molecule has 1 saturated carbocycles. The van der Waals surface area contributed by atoms with E-state index in [1.165, 1.54) is 6.07 Å². The Morgan fingerprint density at radius 2 is 1.72 bits per heavy atom. The lowest BCUT2D eigenvalue weighted by atomic mass is 9.86. The van der Waals surface area contributed by atoms with Crippen LogP contribution in [0.5, 0.6) is 0 Å². The van der Waals surface area contributed by atoms with Gasteiger partial charge in [0.2, 0.25) is 10.0 Å². The summed E-state index contributed by atoms with van der Waals surface area (Å²) in [5.74, 6) is -0.142. The number of amides is 1. The SMILES string of the molecule is CC(C)S(=O)(=O)N[C@H]1CC[C@H](CNc2cc(C(=O)N3CCCC3)cc(C(F)(F)F)c2)CC1. The van der Waals surface area contributed by atoms with E-state index in [0.29, 0.717) is 32.5 Å². The lowest BCUT2D eigenvalue weighted by Crippen LogP contribution is -2.41. The highest BCUT2D eigenvalue weighted by molar-refractivity contribution is 7.90. The van der Waals surface area contributed by atoms with E-state index in [1.807, 2.05) is 0 Å². The second-order valence-corrected chi connectivity index (χ2v) is 11.4. The molecule has 1 aliphatic heterocycles. The molecule has 0 bridgehead atoms. The van der Waals surface area contributed by atoms with Gasteiger partial charge in [-0.2, -0.15) is 13.2 Å². The number of hydrogen-bond donors (Lipinski definition) is 2. The molecule has 2 fully saturated rings. The number of likely N-dealkylation sites (tertiary alicyclic amines) is 1. The van der Waals surface area contributed by atoms with E-state index in [-0.39, 0.29) is 29.1 Å². The molecule has 0 atom stereocenters. The molecule has 3 rings (SSSR count). The molecule has 0 unspecified atom stereocenters. The molecule has 10 heteroatoms. The Labute approximate surface area is 188 Å². The summed E-state index contributed by atoms with van der Waals surface area (Å²) in [4.78, 5) is 14.3. The van der Waals surface area contributed by atoms with Crippen molar-refractivity contribution in [2.75, 3.05) is 25.0 Å². The number of alkyl halides is 3. The molecule has 180 valence electrons. The standard InChI is InChI=1S/C22H32F3N3O3S/c1-15(2)32(30,31)27-19-7-5-16(6-8-19)14-26-20-12-17(11-18(13-20)22(23,24)25)21(29)28-9-3-4-10-28/h11-13,15-16,19,26-27H,3-10,14H2,1-2H3/t16-,19-. The molecule has 1 aromatic rings. The van der Waals surface area contributed by atoms with Crippen molar-refractivity contribution in [3.05, 3.63) is 29.3 Å². The Bertz CT molecular complexity index is 905. The van der Waals surface area contributed by atoms with E-state index in [1.54, 1.807) is 18.7 Å². The minimum absolute atomic E-state index is 0.0519. The number of hydrogen-bond acceptors (Lipinski definition) is 4. The van der Waals surface area contributed by atoms with Crippen LogP contribution in [0.3, 0.4) is 0 Å². The van der Waals surface area contributed by atoms with E-state index in [2.05, 4.69) is 10.0 Å². The summed E-state index contributed by atoms with van der Waals surface area (Å²) in [5.41, 5.74) is -0.502. The summed E-state index contributed by atoms with van der Waals surface area (Å²) in [5, 5.41) is 2.60. The number of benzene rings is 1. The van der Waals surface area contributed by atoms with Crippen molar-refractivity contribution in [2.45, 2.75) is 69.8 Å². The monoisotopic (exact) mass is 475 g/mol. The number of nitrogens with zero attached hydrogens (tertiary/aromatic N) is 1. The van der Waals surface area contributed by atoms with Crippen LogP contribution >= 0.6 is 0 Å². The molecule has 1 aliphatic carbocycles. The van der Waals surface area contributed by atoms with Crippen LogP contribution in [0.2, 0.25) is 0 Å². The number of anilines is 1. The predicted molar refractivity (Wildman–Crippen MR) is 118 cm³/mol. The van der Waals surface area contributed by atoms with Crippen LogP contribution in [-0.2, 0) is 16.2 Å². The molecule has 0 spiro atoms. The minimum atomic E-state index is -4.54. The molecule has 2 aliphatic rings. The maximum Gasteiger partial charge on any atom is 0.416 e. The highest BCUT2D eigenvalue weighted by Crippen LogP contribution is 2.33. The van der Waals surface area contributed by atoms with Gasteiger partial charge in [-0.25, -0.2) is 13.1 Å². The fraction of sp³-hybridized carbons (Fsp3) is 0.682. The molecule has 1 amide bonds. The van der Waals surface area contributed by atoms with E-state index < -0.39 is 27.0 Å². The average molecular weight is 476 g/mol. The lowest BCUT2D eigenvalue weighted by Gasteiger charge is -2.30. The third-order valence-corrected chi connectivity index (χ3v) is 8.20. The summed E-state index contributed by atoms with van der Waals surface area (Å²) >= 11 is 0. The van der Waals surface area contributed by atoms with Gasteiger partial charge < -0.3 is 10.2 Å². The van der Waals surface area contributed by atoms with Crippen molar-refractivity contribution in [1.82, 2.24) is 9.62 Å². The van der Waals surface area contributed by atoms with E-state index in [4.69, 9.17) is 0 Å². The van der Waals surface area contributed by atoms with E-state index in [0.717, 1.165) is 37.8 Å². The fourth-order valence-electron chi connectivity index (χ4n) is 4.23. The second-order valence-electron chi connectivity index (χ2n) is 9.11. The third kappa shape index (κ3) is 6.37. The van der Waals surface area contributed by atoms with Crippen molar-refractivity contribution in [1.29, 1.82) is 0 Å². The lowest BCUT2D eigenvalue weighted by molar-refractivity contribution is -0.137. The molecular formula is C22H32F3N3O3S. The number of carbonyl (C=O) groups is 1. The van der Waals surface area contributed by atoms with Crippen LogP contribution < -0.4 is 10.0 Å². The molecular weight excluding hydrogens is 443 g/mol. The maximum atomic E-state index is 13.4. The van der Waals surface area contributed by atoms with Crippen LogP contribution in [0.15, 0.2) is 18.2 Å². The summed E-state index contributed by atoms with van der Waals surface area (Å²) < 4.78 is 67.1. The van der Waals surface area contributed by atoms with Gasteiger partial charge in [0, 0.05) is 36.9 Å². The van der Waals surface area contributed by atoms with Crippen molar-refractivity contribution in [3.8, 4) is 0 Å². The van der Waals surface area contributed by atoms with Gasteiger partial charge in [0.15, 0.2) is 0 Å². The van der Waals surface area contributed by atoms with Gasteiger partial charge in [-0.15, -0.1) is 0 Å². The molecule has 1 heterocycles. The molecule has 0 radical (unpaired) electrons. The Hall–Kier alpha value is -1.81. The van der Waals surface area contributed by atoms with E-state index >= 15 is 0 Å². The van der Waals surface area contributed by atoms with Crippen LogP contribution in [-0.4, -0.2) is 50.2 Å². The zero-order chi connectivity index (χ0) is 23.5. The van der Waals surface area contributed by atoms with Gasteiger partial charge in [-0.05, 0) is 76.5 Å². The molecule has 32 heavy (non-hydrogen) atoms. The zero-order valence-corrected chi connectivity index (χ0v) is 19.4. The first-order valence-corrected chi connectivity index (χ1v) is 12.8. The summed E-state index contributed by atoms with van der Waals surface area (Å²) in [6.45, 7) is 4.89. The van der Waals surface area contributed by atoms with Gasteiger partial charge >= 0.3 is 6.18 Å². The van der Waals surface area contributed by atoms with Crippen LogP contribution in [0.25, 0.3) is 0 Å². The first-order valence-electron chi connectivity index (χ1n) is 11.2. The quantitative estimate of drug-likeness (QED) is 0.618. The molecule has 1 aromatic carbocycles. The summed E-state index contributed by atoms with van der Waals surface area (Å²) in [6.07, 6.45) is 0.133. The molecule has 2 N–H and O–H groups in total. The topological polar surface area (TPSA) is 78.5 Å². The maximum absolute atomic E-state index is 13.4. The van der Waals surface area contributed by atoms with Crippen molar-refractivity contribution in [2.24, 2.45) is 5.92 Å². The first kappa shape index (κ1) is 24.8. The Morgan fingerprint density at radius 3 is 2.28 bits per heavy atom. The number of sulfonamides is 1. The number of nitrogens with one attached hydrogen (secondary N) is 2.